The molecule has 5 nitrogen and oxygen atoms in total. The van der Waals surface area contributed by atoms with E-state index in [1.807, 2.05) is 0 Å². The smallest absolute Gasteiger partial charge is 0.404 e. The molecule has 0 saturated carbocycles. The Balaban J connectivity index is 2.74. The number of phosphoric ester groups is 1. The highest BCUT2D eigenvalue weighted by atomic mass is 31.2. The van der Waals surface area contributed by atoms with Gasteiger partial charge in [0.15, 0.2) is 0 Å². The summed E-state index contributed by atoms with van der Waals surface area (Å²) in [5.41, 5.74) is 0. The van der Waals surface area contributed by atoms with Gasteiger partial charge in [-0.2, -0.15) is 0 Å². The molecular formula is C5H6NO4P. The quantitative estimate of drug-likeness (QED) is 0.641. The Morgan fingerprint density at radius 3 is 2.36 bits per heavy atom. The van der Waals surface area contributed by atoms with Crippen molar-refractivity contribution in [3.63, 3.8) is 0 Å². The highest BCUT2D eigenvalue weighted by Crippen LogP contribution is 2.36. The van der Waals surface area contributed by atoms with Crippen LogP contribution in [0, 0.1) is 0 Å². The number of hydrogen-bond donors (Lipinski definition) is 2. The Hall–Kier alpha value is -0.900. The van der Waals surface area contributed by atoms with Crippen molar-refractivity contribution in [3.8, 4) is 5.75 Å². The summed E-state index contributed by atoms with van der Waals surface area (Å²) in [6.45, 7) is 0. The Morgan fingerprint density at radius 1 is 1.36 bits per heavy atom. The van der Waals surface area contributed by atoms with Crippen LogP contribution >= 0.6 is 7.82 Å². The van der Waals surface area contributed by atoms with Gasteiger partial charge in [-0.15, -0.1) is 0 Å². The van der Waals surface area contributed by atoms with Crippen LogP contribution in [0.1, 0.15) is 0 Å². The second-order valence-electron chi connectivity index (χ2n) is 1.76. The van der Waals surface area contributed by atoms with Crippen molar-refractivity contribution in [2.24, 2.45) is 0 Å². The molecule has 0 amide bonds. The van der Waals surface area contributed by atoms with Gasteiger partial charge in [-0.25, -0.2) is 4.57 Å². The molecule has 0 aliphatic carbocycles. The third kappa shape index (κ3) is 3.13. The fourth-order valence-electron chi connectivity index (χ4n) is 0.536. The maximum atomic E-state index is 10.3. The zero-order chi connectivity index (χ0) is 8.32. The molecule has 11 heavy (non-hydrogen) atoms. The van der Waals surface area contributed by atoms with E-state index >= 15 is 0 Å². The van der Waals surface area contributed by atoms with Gasteiger partial charge >= 0.3 is 7.82 Å². The van der Waals surface area contributed by atoms with E-state index in [1.165, 1.54) is 24.5 Å². The zero-order valence-electron chi connectivity index (χ0n) is 5.41. The number of rotatable bonds is 2. The molecule has 0 radical (unpaired) electrons. The maximum Gasteiger partial charge on any atom is 0.524 e. The van der Waals surface area contributed by atoms with E-state index in [9.17, 15) is 4.57 Å². The molecule has 6 heteroatoms. The van der Waals surface area contributed by atoms with Gasteiger partial charge in [0, 0.05) is 12.4 Å². The number of hydrogen-bond acceptors (Lipinski definition) is 3. The van der Waals surface area contributed by atoms with Crippen LogP contribution in [0.4, 0.5) is 0 Å². The van der Waals surface area contributed by atoms with Crippen molar-refractivity contribution in [3.05, 3.63) is 24.5 Å². The first-order chi connectivity index (χ1) is 5.08. The molecule has 0 bridgehead atoms. The van der Waals surface area contributed by atoms with Crippen LogP contribution in [-0.2, 0) is 4.57 Å². The van der Waals surface area contributed by atoms with E-state index in [1.54, 1.807) is 0 Å². The van der Waals surface area contributed by atoms with Crippen molar-refractivity contribution in [1.82, 2.24) is 4.98 Å². The molecule has 0 aromatic carbocycles. The summed E-state index contributed by atoms with van der Waals surface area (Å²) in [5, 5.41) is 0. The van der Waals surface area contributed by atoms with Crippen LogP contribution in [0.3, 0.4) is 0 Å². The van der Waals surface area contributed by atoms with E-state index in [-0.39, 0.29) is 5.75 Å². The minimum absolute atomic E-state index is 0.105. The number of phosphoric acid groups is 1. The van der Waals surface area contributed by atoms with Gasteiger partial charge in [0.25, 0.3) is 0 Å². The van der Waals surface area contributed by atoms with Crippen molar-refractivity contribution in [2.45, 2.75) is 0 Å². The summed E-state index contributed by atoms with van der Waals surface area (Å²) in [5.74, 6) is 0.105. The molecule has 1 heterocycles. The zero-order valence-corrected chi connectivity index (χ0v) is 6.31. The van der Waals surface area contributed by atoms with Crippen LogP contribution < -0.4 is 4.52 Å². The number of aromatic nitrogens is 1. The van der Waals surface area contributed by atoms with E-state index in [2.05, 4.69) is 9.51 Å². The molecule has 0 unspecified atom stereocenters. The second-order valence-corrected chi connectivity index (χ2v) is 2.93. The molecule has 0 spiro atoms. The van der Waals surface area contributed by atoms with E-state index in [0.29, 0.717) is 0 Å². The largest absolute Gasteiger partial charge is 0.524 e. The molecule has 1 aromatic rings. The van der Waals surface area contributed by atoms with Gasteiger partial charge in [0.1, 0.15) is 5.75 Å². The molecular weight excluding hydrogens is 169 g/mol. The van der Waals surface area contributed by atoms with Gasteiger partial charge in [-0.05, 0) is 12.1 Å². The minimum Gasteiger partial charge on any atom is -0.404 e. The summed E-state index contributed by atoms with van der Waals surface area (Å²) in [6.07, 6.45) is 2.76. The Labute approximate surface area is 62.9 Å². The van der Waals surface area contributed by atoms with Crippen LogP contribution in [-0.4, -0.2) is 14.8 Å². The molecule has 1 rings (SSSR count). The summed E-state index contributed by atoms with van der Waals surface area (Å²) < 4.78 is 14.5. The first-order valence-electron chi connectivity index (χ1n) is 2.73. The average Bonchev–Trinajstić information content (AvgIpc) is 1.85. The van der Waals surface area contributed by atoms with E-state index in [4.69, 9.17) is 9.79 Å². The lowest BCUT2D eigenvalue weighted by molar-refractivity contribution is 0.283. The van der Waals surface area contributed by atoms with Gasteiger partial charge in [0.2, 0.25) is 0 Å². The molecule has 0 fully saturated rings. The Bertz CT molecular complexity index is 269. The highest BCUT2D eigenvalue weighted by Gasteiger charge is 2.14. The monoisotopic (exact) mass is 175 g/mol. The van der Waals surface area contributed by atoms with Crippen LogP contribution in [0.5, 0.6) is 5.75 Å². The number of nitrogens with zero attached hydrogens (tertiary/aromatic N) is 1. The van der Waals surface area contributed by atoms with Crippen molar-refractivity contribution >= 4 is 7.82 Å². The first-order valence-corrected chi connectivity index (χ1v) is 4.26. The lowest BCUT2D eigenvalue weighted by Gasteiger charge is -2.04. The topological polar surface area (TPSA) is 79.7 Å². The average molecular weight is 175 g/mol. The predicted molar refractivity (Wildman–Crippen MR) is 36.9 cm³/mol. The summed E-state index contributed by atoms with van der Waals surface area (Å²) in [7, 11) is -4.42. The highest BCUT2D eigenvalue weighted by molar-refractivity contribution is 7.46. The third-order valence-electron chi connectivity index (χ3n) is 0.874. The molecule has 1 aromatic heterocycles. The Morgan fingerprint density at radius 2 is 1.91 bits per heavy atom. The standard InChI is InChI=1S/C5H6NO4P/c7-11(8,9)10-5-1-3-6-4-2-5/h1-4H,(H2,7,8,9). The SMILES string of the molecule is O=P(O)(O)Oc1ccncc1. The maximum absolute atomic E-state index is 10.3. The number of pyridine rings is 1. The first kappa shape index (κ1) is 8.20. The lowest BCUT2D eigenvalue weighted by Crippen LogP contribution is -1.89. The molecule has 0 aliphatic heterocycles. The molecule has 2 N–H and O–H groups in total. The molecule has 60 valence electrons. The van der Waals surface area contributed by atoms with Crippen molar-refractivity contribution in [1.29, 1.82) is 0 Å². The van der Waals surface area contributed by atoms with Crippen LogP contribution in [0.25, 0.3) is 0 Å². The fourth-order valence-corrected chi connectivity index (χ4v) is 0.933. The van der Waals surface area contributed by atoms with E-state index in [0.717, 1.165) is 0 Å². The van der Waals surface area contributed by atoms with E-state index < -0.39 is 7.82 Å². The van der Waals surface area contributed by atoms with Crippen LogP contribution in [0.2, 0.25) is 0 Å². The van der Waals surface area contributed by atoms with Gasteiger partial charge in [0.05, 0.1) is 0 Å². The summed E-state index contributed by atoms with van der Waals surface area (Å²) in [6, 6.07) is 2.72. The molecule has 0 saturated heterocycles. The minimum atomic E-state index is -4.42. The van der Waals surface area contributed by atoms with Crippen molar-refractivity contribution < 1.29 is 18.9 Å². The van der Waals surface area contributed by atoms with Crippen molar-refractivity contribution in [2.75, 3.05) is 0 Å². The second kappa shape index (κ2) is 3.00. The van der Waals surface area contributed by atoms with Gasteiger partial charge in [-0.3, -0.25) is 14.8 Å². The van der Waals surface area contributed by atoms with Gasteiger partial charge in [-0.1, -0.05) is 0 Å². The molecule has 0 aliphatic rings. The van der Waals surface area contributed by atoms with Crippen LogP contribution in [0.15, 0.2) is 24.5 Å². The Kier molecular flexibility index (Phi) is 2.24. The van der Waals surface area contributed by atoms with Gasteiger partial charge < -0.3 is 4.52 Å². The molecule has 0 atom stereocenters. The predicted octanol–water partition coefficient (Wildman–Crippen LogP) is 0.553. The lowest BCUT2D eigenvalue weighted by atomic mass is 10.5. The summed E-state index contributed by atoms with van der Waals surface area (Å²) in [4.78, 5) is 20.3. The fraction of sp³-hybridized carbons (Fsp3) is 0. The normalized spacial score (nSPS) is 11.1. The summed E-state index contributed by atoms with van der Waals surface area (Å²) >= 11 is 0. The third-order valence-corrected chi connectivity index (χ3v) is 1.32.